The van der Waals surface area contributed by atoms with Gasteiger partial charge in [0.2, 0.25) is 0 Å². The second-order valence-electron chi connectivity index (χ2n) is 2.35. The van der Waals surface area contributed by atoms with Crippen molar-refractivity contribution >= 4 is 27.7 Å². The molecule has 1 aromatic heterocycles. The van der Waals surface area contributed by atoms with Crippen LogP contribution >= 0.6 is 27.7 Å². The summed E-state index contributed by atoms with van der Waals surface area (Å²) in [5.41, 5.74) is 0.0477. The highest BCUT2D eigenvalue weighted by Gasteiger charge is 1.97. The monoisotopic (exact) mass is 247 g/mol. The average Bonchev–Trinajstić information content (AvgIpc) is 2.08. The fourth-order valence-corrected chi connectivity index (χ4v) is 1.63. The summed E-state index contributed by atoms with van der Waals surface area (Å²) in [5.74, 6) is 0.969. The van der Waals surface area contributed by atoms with E-state index in [2.05, 4.69) is 15.9 Å². The molecular formula is C8H10BrNOS. The maximum Gasteiger partial charge on any atom is 0.264 e. The summed E-state index contributed by atoms with van der Waals surface area (Å²) in [6.07, 6.45) is 3.84. The Labute approximate surface area is 84.1 Å². The van der Waals surface area contributed by atoms with Gasteiger partial charge < -0.3 is 4.57 Å². The Hall–Kier alpha value is -0.220. The van der Waals surface area contributed by atoms with Crippen molar-refractivity contribution in [3.63, 3.8) is 0 Å². The Morgan fingerprint density at radius 2 is 2.42 bits per heavy atom. The van der Waals surface area contributed by atoms with Crippen molar-refractivity contribution in [1.82, 2.24) is 4.57 Å². The minimum Gasteiger partial charge on any atom is -0.314 e. The molecule has 0 aliphatic heterocycles. The molecule has 0 radical (unpaired) electrons. The minimum absolute atomic E-state index is 0.0477. The predicted molar refractivity (Wildman–Crippen MR) is 56.8 cm³/mol. The lowest BCUT2D eigenvalue weighted by Gasteiger charge is -2.03. The summed E-state index contributed by atoms with van der Waals surface area (Å²) in [5, 5.41) is 0. The molecular weight excluding hydrogens is 238 g/mol. The fraction of sp³-hybridized carbons (Fsp3) is 0.375. The fourth-order valence-electron chi connectivity index (χ4n) is 0.873. The van der Waals surface area contributed by atoms with Crippen molar-refractivity contribution in [3.8, 4) is 0 Å². The van der Waals surface area contributed by atoms with E-state index >= 15 is 0 Å². The van der Waals surface area contributed by atoms with Gasteiger partial charge in [-0.2, -0.15) is 11.8 Å². The van der Waals surface area contributed by atoms with Gasteiger partial charge in [0.25, 0.3) is 5.56 Å². The van der Waals surface area contributed by atoms with E-state index in [-0.39, 0.29) is 5.56 Å². The number of aryl methyl sites for hydroxylation is 1. The summed E-state index contributed by atoms with van der Waals surface area (Å²) in [7, 11) is 0. The molecule has 66 valence electrons. The molecule has 0 bridgehead atoms. The highest BCUT2D eigenvalue weighted by Crippen LogP contribution is 2.01. The molecule has 2 nitrogen and oxygen atoms in total. The molecule has 0 atom stereocenters. The smallest absolute Gasteiger partial charge is 0.264 e. The molecule has 0 fully saturated rings. The third-order valence-electron chi connectivity index (χ3n) is 1.51. The van der Waals surface area contributed by atoms with Crippen LogP contribution in [0.25, 0.3) is 0 Å². The lowest BCUT2D eigenvalue weighted by Crippen LogP contribution is -2.20. The molecule has 0 unspecified atom stereocenters. The number of pyridine rings is 1. The van der Waals surface area contributed by atoms with E-state index < -0.39 is 0 Å². The first-order chi connectivity index (χ1) is 5.75. The minimum atomic E-state index is 0.0477. The number of rotatable bonds is 3. The standard InChI is InChI=1S/C8H10BrNOS/c1-12-6-5-10-4-2-3-7(9)8(10)11/h2-4H,5-6H2,1H3. The molecule has 4 heteroatoms. The van der Waals surface area contributed by atoms with E-state index in [1.54, 1.807) is 22.4 Å². The van der Waals surface area contributed by atoms with Crippen LogP contribution < -0.4 is 5.56 Å². The van der Waals surface area contributed by atoms with Gasteiger partial charge in [-0.15, -0.1) is 0 Å². The molecule has 1 rings (SSSR count). The van der Waals surface area contributed by atoms with Gasteiger partial charge in [-0.25, -0.2) is 0 Å². The van der Waals surface area contributed by atoms with Gasteiger partial charge in [0.05, 0.1) is 4.47 Å². The first kappa shape index (κ1) is 9.86. The maximum absolute atomic E-state index is 11.4. The van der Waals surface area contributed by atoms with Crippen LogP contribution in [0.4, 0.5) is 0 Å². The molecule has 0 aliphatic rings. The van der Waals surface area contributed by atoms with Gasteiger partial charge >= 0.3 is 0 Å². The van der Waals surface area contributed by atoms with E-state index in [0.29, 0.717) is 4.47 Å². The molecule has 12 heavy (non-hydrogen) atoms. The van der Waals surface area contributed by atoms with Crippen molar-refractivity contribution in [3.05, 3.63) is 33.2 Å². The predicted octanol–water partition coefficient (Wildman–Crippen LogP) is 1.97. The van der Waals surface area contributed by atoms with E-state index in [1.807, 2.05) is 18.5 Å². The normalized spacial score (nSPS) is 10.2. The van der Waals surface area contributed by atoms with Crippen molar-refractivity contribution in [2.45, 2.75) is 6.54 Å². The van der Waals surface area contributed by atoms with E-state index in [1.165, 1.54) is 0 Å². The van der Waals surface area contributed by atoms with Crippen LogP contribution in [-0.4, -0.2) is 16.6 Å². The van der Waals surface area contributed by atoms with Gasteiger partial charge in [0.1, 0.15) is 0 Å². The Bertz CT molecular complexity index is 310. The van der Waals surface area contributed by atoms with Crippen LogP contribution in [0.3, 0.4) is 0 Å². The molecule has 0 aliphatic carbocycles. The van der Waals surface area contributed by atoms with Crippen LogP contribution in [0.15, 0.2) is 27.6 Å². The Morgan fingerprint density at radius 3 is 3.08 bits per heavy atom. The number of halogens is 1. The summed E-state index contributed by atoms with van der Waals surface area (Å²) in [6.45, 7) is 0.777. The van der Waals surface area contributed by atoms with Gasteiger partial charge in [-0.1, -0.05) is 0 Å². The molecule has 1 heterocycles. The quantitative estimate of drug-likeness (QED) is 0.815. The van der Waals surface area contributed by atoms with Crippen molar-refractivity contribution in [2.24, 2.45) is 0 Å². The molecule has 0 saturated heterocycles. The Morgan fingerprint density at radius 1 is 1.67 bits per heavy atom. The highest BCUT2D eigenvalue weighted by molar-refractivity contribution is 9.10. The van der Waals surface area contributed by atoms with Gasteiger partial charge in [-0.05, 0) is 34.3 Å². The van der Waals surface area contributed by atoms with Gasteiger partial charge in [-0.3, -0.25) is 4.79 Å². The Kier molecular flexibility index (Phi) is 3.88. The molecule has 0 N–H and O–H groups in total. The Balaban J connectivity index is 2.85. The van der Waals surface area contributed by atoms with Crippen LogP contribution in [0.1, 0.15) is 0 Å². The zero-order valence-electron chi connectivity index (χ0n) is 6.79. The summed E-state index contributed by atoms with van der Waals surface area (Å²) in [4.78, 5) is 11.4. The van der Waals surface area contributed by atoms with Crippen LogP contribution in [-0.2, 0) is 6.54 Å². The summed E-state index contributed by atoms with van der Waals surface area (Å²) in [6, 6.07) is 3.63. The lowest BCUT2D eigenvalue weighted by atomic mass is 10.5. The van der Waals surface area contributed by atoms with Crippen LogP contribution in [0.5, 0.6) is 0 Å². The number of thioether (sulfide) groups is 1. The van der Waals surface area contributed by atoms with Crippen LogP contribution in [0.2, 0.25) is 0 Å². The zero-order valence-corrected chi connectivity index (χ0v) is 9.19. The van der Waals surface area contributed by atoms with E-state index in [9.17, 15) is 4.79 Å². The molecule has 0 amide bonds. The second-order valence-corrected chi connectivity index (χ2v) is 4.19. The summed E-state index contributed by atoms with van der Waals surface area (Å²) >= 11 is 4.93. The number of hydrogen-bond donors (Lipinski definition) is 0. The molecule has 1 aromatic rings. The van der Waals surface area contributed by atoms with Gasteiger partial charge in [0, 0.05) is 18.5 Å². The van der Waals surface area contributed by atoms with Gasteiger partial charge in [0.15, 0.2) is 0 Å². The third kappa shape index (κ3) is 2.38. The number of aromatic nitrogens is 1. The van der Waals surface area contributed by atoms with Crippen molar-refractivity contribution in [1.29, 1.82) is 0 Å². The topological polar surface area (TPSA) is 22.0 Å². The van der Waals surface area contributed by atoms with E-state index in [4.69, 9.17) is 0 Å². The highest BCUT2D eigenvalue weighted by atomic mass is 79.9. The third-order valence-corrected chi connectivity index (χ3v) is 2.70. The summed E-state index contributed by atoms with van der Waals surface area (Å²) < 4.78 is 2.34. The van der Waals surface area contributed by atoms with Crippen LogP contribution in [0, 0.1) is 0 Å². The second kappa shape index (κ2) is 4.72. The SMILES string of the molecule is CSCCn1cccc(Br)c1=O. The van der Waals surface area contributed by atoms with Crippen molar-refractivity contribution in [2.75, 3.05) is 12.0 Å². The first-order valence-corrected chi connectivity index (χ1v) is 5.78. The maximum atomic E-state index is 11.4. The number of hydrogen-bond acceptors (Lipinski definition) is 2. The lowest BCUT2D eigenvalue weighted by molar-refractivity contribution is 0.731. The number of nitrogens with zero attached hydrogens (tertiary/aromatic N) is 1. The molecule has 0 saturated carbocycles. The largest absolute Gasteiger partial charge is 0.314 e. The average molecular weight is 248 g/mol. The molecule has 0 aromatic carbocycles. The first-order valence-electron chi connectivity index (χ1n) is 3.59. The van der Waals surface area contributed by atoms with E-state index in [0.717, 1.165) is 12.3 Å². The van der Waals surface area contributed by atoms with Crippen molar-refractivity contribution < 1.29 is 0 Å². The molecule has 0 spiro atoms. The zero-order chi connectivity index (χ0) is 8.97.